The molecule has 1 aliphatic rings. The Balaban J connectivity index is 0.000000338. The second-order valence-corrected chi connectivity index (χ2v) is 9.45. The first-order chi connectivity index (χ1) is 17.1. The number of rotatable bonds is 4. The van der Waals surface area contributed by atoms with E-state index in [9.17, 15) is 18.0 Å². The largest absolute Gasteiger partial charge is 0.416 e. The quantitative estimate of drug-likeness (QED) is 0.366. The van der Waals surface area contributed by atoms with E-state index in [1.807, 2.05) is 12.1 Å². The molecule has 3 N–H and O–H groups in total. The number of alkyl halides is 4. The third-order valence-corrected chi connectivity index (χ3v) is 6.83. The fraction of sp³-hybridized carbons (Fsp3) is 0.321. The van der Waals surface area contributed by atoms with Crippen LogP contribution < -0.4 is 11.1 Å². The van der Waals surface area contributed by atoms with Crippen molar-refractivity contribution in [2.75, 3.05) is 18.5 Å². The zero-order chi connectivity index (χ0) is 26.3. The van der Waals surface area contributed by atoms with E-state index in [1.54, 1.807) is 36.4 Å². The first-order valence-electron chi connectivity index (χ1n) is 11.7. The molecule has 36 heavy (non-hydrogen) atoms. The maximum Gasteiger partial charge on any atom is 0.416 e. The highest BCUT2D eigenvalue weighted by atomic mass is 35.5. The Labute approximate surface area is 214 Å². The Morgan fingerprint density at radius 3 is 2.11 bits per heavy atom. The molecule has 0 radical (unpaired) electrons. The Bertz CT molecular complexity index is 1120. The summed E-state index contributed by atoms with van der Waals surface area (Å²) in [4.78, 5) is 12.5. The standard InChI is InChI=1S/C21H17F3N2O.C7H13ClO/c22-21(23,24)18-8-6-15(7-9-18)16-2-1-3-17(12-16)20(27)26-19-10-4-14(13-25)5-11-19;1-5-3-9-4-6(2)7(5)8/h1-12H,13,25H2,(H,26,27);5-7H,3-4H2,1-2H3. The number of anilines is 1. The fourth-order valence-corrected chi connectivity index (χ4v) is 3.95. The second kappa shape index (κ2) is 12.4. The van der Waals surface area contributed by atoms with Gasteiger partial charge in [-0.1, -0.05) is 50.2 Å². The molecule has 1 amide bonds. The van der Waals surface area contributed by atoms with Crippen molar-refractivity contribution in [3.05, 3.63) is 89.5 Å². The number of carbonyl (C=O) groups is 1. The molecule has 0 bridgehead atoms. The molecule has 3 aromatic rings. The summed E-state index contributed by atoms with van der Waals surface area (Å²) in [5.74, 6) is 0.745. The molecule has 4 nitrogen and oxygen atoms in total. The molecular formula is C28H30ClF3N2O2. The highest BCUT2D eigenvalue weighted by Crippen LogP contribution is 2.31. The van der Waals surface area contributed by atoms with Gasteiger partial charge in [0, 0.05) is 23.2 Å². The lowest BCUT2D eigenvalue weighted by molar-refractivity contribution is -0.137. The average molecular weight is 519 g/mol. The molecule has 4 rings (SSSR count). The van der Waals surface area contributed by atoms with Gasteiger partial charge in [-0.2, -0.15) is 13.2 Å². The Hall–Kier alpha value is -2.87. The molecule has 0 aromatic heterocycles. The molecule has 0 aliphatic carbocycles. The van der Waals surface area contributed by atoms with Crippen LogP contribution in [0, 0.1) is 11.8 Å². The van der Waals surface area contributed by atoms with Crippen molar-refractivity contribution in [2.45, 2.75) is 31.9 Å². The maximum absolute atomic E-state index is 12.7. The highest BCUT2D eigenvalue weighted by Gasteiger charge is 2.30. The van der Waals surface area contributed by atoms with E-state index in [0.717, 1.165) is 30.9 Å². The van der Waals surface area contributed by atoms with E-state index in [1.165, 1.54) is 12.1 Å². The predicted molar refractivity (Wildman–Crippen MR) is 138 cm³/mol. The van der Waals surface area contributed by atoms with E-state index >= 15 is 0 Å². The van der Waals surface area contributed by atoms with E-state index in [0.29, 0.717) is 46.1 Å². The molecule has 8 heteroatoms. The van der Waals surface area contributed by atoms with Crippen molar-refractivity contribution in [3.8, 4) is 11.1 Å². The van der Waals surface area contributed by atoms with Gasteiger partial charge in [0.25, 0.3) is 5.91 Å². The Morgan fingerprint density at radius 2 is 1.58 bits per heavy atom. The maximum atomic E-state index is 12.7. The number of halogens is 4. The summed E-state index contributed by atoms with van der Waals surface area (Å²) >= 11 is 6.04. The SMILES string of the molecule is CC1COCC(C)C1Cl.NCc1ccc(NC(=O)c2cccc(-c3ccc(C(F)(F)F)cc3)c2)cc1. The van der Waals surface area contributed by atoms with Gasteiger partial charge in [0.15, 0.2) is 0 Å². The van der Waals surface area contributed by atoms with Crippen LogP contribution in [-0.4, -0.2) is 24.5 Å². The normalized spacial score (nSPS) is 19.7. The minimum Gasteiger partial charge on any atom is -0.381 e. The molecule has 1 fully saturated rings. The zero-order valence-corrected chi connectivity index (χ0v) is 20.9. The number of carbonyl (C=O) groups excluding carboxylic acids is 1. The first kappa shape index (κ1) is 27.7. The van der Waals surface area contributed by atoms with Gasteiger partial charge in [-0.3, -0.25) is 4.79 Å². The van der Waals surface area contributed by atoms with Crippen LogP contribution in [0.25, 0.3) is 11.1 Å². The second-order valence-electron chi connectivity index (χ2n) is 8.95. The Morgan fingerprint density at radius 1 is 0.972 bits per heavy atom. The highest BCUT2D eigenvalue weighted by molar-refractivity contribution is 6.21. The van der Waals surface area contributed by atoms with Crippen LogP contribution in [0.5, 0.6) is 0 Å². The van der Waals surface area contributed by atoms with Gasteiger partial charge in [0.2, 0.25) is 0 Å². The van der Waals surface area contributed by atoms with Crippen LogP contribution in [-0.2, 0) is 17.5 Å². The first-order valence-corrected chi connectivity index (χ1v) is 12.1. The number of hydrogen-bond donors (Lipinski definition) is 2. The van der Waals surface area contributed by atoms with E-state index in [4.69, 9.17) is 22.1 Å². The number of ether oxygens (including phenoxy) is 1. The molecular weight excluding hydrogens is 489 g/mol. The molecule has 0 spiro atoms. The summed E-state index contributed by atoms with van der Waals surface area (Å²) < 4.78 is 43.3. The van der Waals surface area contributed by atoms with Gasteiger partial charge in [-0.15, -0.1) is 11.6 Å². The summed E-state index contributed by atoms with van der Waals surface area (Å²) in [6, 6.07) is 18.8. The molecule has 0 saturated carbocycles. The molecule has 3 aromatic carbocycles. The third kappa shape index (κ3) is 7.56. The average Bonchev–Trinajstić information content (AvgIpc) is 2.88. The minimum atomic E-state index is -4.38. The van der Waals surface area contributed by atoms with E-state index in [-0.39, 0.29) is 5.91 Å². The lowest BCUT2D eigenvalue weighted by atomic mass is 9.96. The molecule has 192 valence electrons. The van der Waals surface area contributed by atoms with Gasteiger partial charge >= 0.3 is 6.18 Å². The molecule has 2 atom stereocenters. The Kier molecular flexibility index (Phi) is 9.54. The topological polar surface area (TPSA) is 64.3 Å². The van der Waals surface area contributed by atoms with Gasteiger partial charge < -0.3 is 15.8 Å². The van der Waals surface area contributed by atoms with Crippen LogP contribution in [0.1, 0.15) is 35.3 Å². The predicted octanol–water partition coefficient (Wildman–Crippen LogP) is 6.98. The molecule has 1 aliphatic heterocycles. The molecule has 2 unspecified atom stereocenters. The van der Waals surface area contributed by atoms with E-state index < -0.39 is 11.7 Å². The van der Waals surface area contributed by atoms with Crippen molar-refractivity contribution in [3.63, 3.8) is 0 Å². The summed E-state index contributed by atoms with van der Waals surface area (Å²) in [6.45, 7) is 6.35. The van der Waals surface area contributed by atoms with Crippen molar-refractivity contribution in [2.24, 2.45) is 17.6 Å². The van der Waals surface area contributed by atoms with Crippen LogP contribution in [0.4, 0.5) is 18.9 Å². The van der Waals surface area contributed by atoms with Crippen LogP contribution >= 0.6 is 11.6 Å². The van der Waals surface area contributed by atoms with Crippen molar-refractivity contribution >= 4 is 23.2 Å². The number of benzene rings is 3. The summed E-state index contributed by atoms with van der Waals surface area (Å²) in [6.07, 6.45) is -4.38. The van der Waals surface area contributed by atoms with Crippen molar-refractivity contribution in [1.29, 1.82) is 0 Å². The monoisotopic (exact) mass is 518 g/mol. The van der Waals surface area contributed by atoms with Gasteiger partial charge in [0.05, 0.1) is 18.8 Å². The van der Waals surface area contributed by atoms with Gasteiger partial charge in [0.1, 0.15) is 0 Å². The number of nitrogens with one attached hydrogen (secondary N) is 1. The lowest BCUT2D eigenvalue weighted by Gasteiger charge is -2.29. The third-order valence-electron chi connectivity index (χ3n) is 5.97. The number of nitrogens with two attached hydrogens (primary N) is 1. The summed E-state index contributed by atoms with van der Waals surface area (Å²) in [7, 11) is 0. The van der Waals surface area contributed by atoms with Crippen LogP contribution in [0.2, 0.25) is 0 Å². The van der Waals surface area contributed by atoms with Crippen molar-refractivity contribution < 1.29 is 22.7 Å². The smallest absolute Gasteiger partial charge is 0.381 e. The molecule has 1 saturated heterocycles. The van der Waals surface area contributed by atoms with Gasteiger partial charge in [-0.25, -0.2) is 0 Å². The molecule has 1 heterocycles. The number of amides is 1. The van der Waals surface area contributed by atoms with E-state index in [2.05, 4.69) is 19.2 Å². The fourth-order valence-electron chi connectivity index (χ4n) is 3.80. The number of hydrogen-bond acceptors (Lipinski definition) is 3. The van der Waals surface area contributed by atoms with Crippen LogP contribution in [0.3, 0.4) is 0 Å². The summed E-state index contributed by atoms with van der Waals surface area (Å²) in [5.41, 5.74) is 8.11. The van der Waals surface area contributed by atoms with Crippen LogP contribution in [0.15, 0.2) is 72.8 Å². The van der Waals surface area contributed by atoms with Crippen molar-refractivity contribution in [1.82, 2.24) is 0 Å². The lowest BCUT2D eigenvalue weighted by Crippen LogP contribution is -2.33. The van der Waals surface area contributed by atoms with Gasteiger partial charge in [-0.05, 0) is 64.9 Å². The summed E-state index contributed by atoms with van der Waals surface area (Å²) in [5, 5.41) is 3.11. The minimum absolute atomic E-state index is 0.302. The zero-order valence-electron chi connectivity index (χ0n) is 20.2.